The highest BCUT2D eigenvalue weighted by Gasteiger charge is 2.10. The number of urea groups is 1. The number of hydrogen-bond acceptors (Lipinski definition) is 3. The van der Waals surface area contributed by atoms with Crippen LogP contribution >= 0.6 is 0 Å². The minimum atomic E-state index is -0.213. The fourth-order valence-electron chi connectivity index (χ4n) is 2.74. The average Bonchev–Trinajstić information content (AvgIpc) is 2.95. The number of furan rings is 1. The standard InChI is InChI=1S/C20H23N3O2/c1-14-17-9-4-5-10-18(17)25-19(14)13-22-20(24)21-12-15-7-6-8-16(11-15)23(2)3/h4-11H,12-13H2,1-3H3,(H2,21,22,24). The molecular formula is C20H23N3O2. The molecule has 3 aromatic rings. The van der Waals surface area contributed by atoms with Crippen LogP contribution in [0.2, 0.25) is 0 Å². The third-order valence-corrected chi connectivity index (χ3v) is 4.23. The maximum absolute atomic E-state index is 12.1. The van der Waals surface area contributed by atoms with Gasteiger partial charge in [0.2, 0.25) is 0 Å². The van der Waals surface area contributed by atoms with Gasteiger partial charge in [0.05, 0.1) is 6.54 Å². The second kappa shape index (κ2) is 7.30. The Labute approximate surface area is 147 Å². The maximum Gasteiger partial charge on any atom is 0.315 e. The van der Waals surface area contributed by atoms with Crippen LogP contribution in [0.3, 0.4) is 0 Å². The van der Waals surface area contributed by atoms with E-state index < -0.39 is 0 Å². The number of hydrogen-bond donors (Lipinski definition) is 2. The number of nitrogens with one attached hydrogen (secondary N) is 2. The Morgan fingerprint density at radius 2 is 1.80 bits per heavy atom. The normalized spacial score (nSPS) is 10.7. The lowest BCUT2D eigenvalue weighted by Gasteiger charge is -2.14. The molecule has 3 rings (SSSR count). The molecule has 0 spiro atoms. The van der Waals surface area contributed by atoms with E-state index in [0.717, 1.165) is 33.5 Å². The zero-order valence-electron chi connectivity index (χ0n) is 14.8. The molecule has 0 aliphatic carbocycles. The van der Waals surface area contributed by atoms with Crippen LogP contribution in [0, 0.1) is 6.92 Å². The highest BCUT2D eigenvalue weighted by Crippen LogP contribution is 2.24. The van der Waals surface area contributed by atoms with Crippen molar-refractivity contribution in [1.82, 2.24) is 10.6 Å². The van der Waals surface area contributed by atoms with E-state index in [9.17, 15) is 4.79 Å². The Morgan fingerprint density at radius 3 is 2.56 bits per heavy atom. The van der Waals surface area contributed by atoms with Crippen LogP contribution in [0.4, 0.5) is 10.5 Å². The van der Waals surface area contributed by atoms with Gasteiger partial charge in [0.1, 0.15) is 11.3 Å². The van der Waals surface area contributed by atoms with Crippen LogP contribution in [0.15, 0.2) is 52.9 Å². The maximum atomic E-state index is 12.1. The lowest BCUT2D eigenvalue weighted by atomic mass is 10.1. The summed E-state index contributed by atoms with van der Waals surface area (Å²) in [5.41, 5.74) is 4.08. The van der Waals surface area contributed by atoms with Gasteiger partial charge in [-0.25, -0.2) is 4.79 Å². The van der Waals surface area contributed by atoms with E-state index in [2.05, 4.69) is 16.7 Å². The summed E-state index contributed by atoms with van der Waals surface area (Å²) in [4.78, 5) is 14.1. The average molecular weight is 337 g/mol. The molecule has 1 heterocycles. The van der Waals surface area contributed by atoms with Gasteiger partial charge in [0.15, 0.2) is 0 Å². The van der Waals surface area contributed by atoms with Gasteiger partial charge in [0, 0.05) is 37.3 Å². The summed E-state index contributed by atoms with van der Waals surface area (Å²) in [6.07, 6.45) is 0. The number of amides is 2. The van der Waals surface area contributed by atoms with Crippen molar-refractivity contribution in [2.75, 3.05) is 19.0 Å². The summed E-state index contributed by atoms with van der Waals surface area (Å²) in [7, 11) is 3.99. The molecule has 0 saturated carbocycles. The molecule has 0 unspecified atom stereocenters. The first kappa shape index (κ1) is 16.9. The van der Waals surface area contributed by atoms with E-state index in [1.54, 1.807) is 0 Å². The summed E-state index contributed by atoms with van der Waals surface area (Å²) in [5.74, 6) is 0.783. The molecule has 0 bridgehead atoms. The molecule has 0 fully saturated rings. The van der Waals surface area contributed by atoms with Crippen LogP contribution < -0.4 is 15.5 Å². The molecule has 25 heavy (non-hydrogen) atoms. The van der Waals surface area contributed by atoms with Gasteiger partial charge in [-0.1, -0.05) is 30.3 Å². The van der Waals surface area contributed by atoms with Crippen molar-refractivity contribution in [2.24, 2.45) is 0 Å². The van der Waals surface area contributed by atoms with Gasteiger partial charge >= 0.3 is 6.03 Å². The summed E-state index contributed by atoms with van der Waals surface area (Å²) in [6.45, 7) is 2.85. The smallest absolute Gasteiger partial charge is 0.315 e. The third kappa shape index (κ3) is 3.94. The van der Waals surface area contributed by atoms with Crippen molar-refractivity contribution in [2.45, 2.75) is 20.0 Å². The number of benzene rings is 2. The molecule has 2 aromatic carbocycles. The summed E-state index contributed by atoms with van der Waals surface area (Å²) in [6, 6.07) is 15.7. The van der Waals surface area contributed by atoms with E-state index in [1.165, 1.54) is 0 Å². The van der Waals surface area contributed by atoms with Crippen LogP contribution in [-0.2, 0) is 13.1 Å². The predicted octanol–water partition coefficient (Wildman–Crippen LogP) is 3.81. The van der Waals surface area contributed by atoms with Crippen molar-refractivity contribution in [3.63, 3.8) is 0 Å². The topological polar surface area (TPSA) is 57.5 Å². The Hall–Kier alpha value is -2.95. The quantitative estimate of drug-likeness (QED) is 0.744. The number of aryl methyl sites for hydroxylation is 1. The van der Waals surface area contributed by atoms with Crippen LogP contribution in [0.1, 0.15) is 16.9 Å². The molecule has 0 saturated heterocycles. The lowest BCUT2D eigenvalue weighted by molar-refractivity contribution is 0.239. The van der Waals surface area contributed by atoms with Crippen molar-refractivity contribution >= 4 is 22.7 Å². The molecule has 2 N–H and O–H groups in total. The fourth-order valence-corrected chi connectivity index (χ4v) is 2.74. The van der Waals surface area contributed by atoms with Crippen LogP contribution in [0.25, 0.3) is 11.0 Å². The highest BCUT2D eigenvalue weighted by atomic mass is 16.3. The number of anilines is 1. The second-order valence-corrected chi connectivity index (χ2v) is 6.25. The third-order valence-electron chi connectivity index (χ3n) is 4.23. The molecular weight excluding hydrogens is 314 g/mol. The molecule has 0 aliphatic rings. The second-order valence-electron chi connectivity index (χ2n) is 6.25. The Balaban J connectivity index is 1.56. The SMILES string of the molecule is Cc1c(CNC(=O)NCc2cccc(N(C)C)c2)oc2ccccc12. The van der Waals surface area contributed by atoms with Crippen molar-refractivity contribution in [3.05, 3.63) is 65.4 Å². The monoisotopic (exact) mass is 337 g/mol. The van der Waals surface area contributed by atoms with Crippen molar-refractivity contribution < 1.29 is 9.21 Å². The van der Waals surface area contributed by atoms with E-state index in [-0.39, 0.29) is 6.03 Å². The Morgan fingerprint density at radius 1 is 1.04 bits per heavy atom. The van der Waals surface area contributed by atoms with Crippen LogP contribution in [0.5, 0.6) is 0 Å². The first-order chi connectivity index (χ1) is 12.0. The molecule has 0 radical (unpaired) electrons. The molecule has 5 heteroatoms. The Bertz CT molecular complexity index is 884. The largest absolute Gasteiger partial charge is 0.459 e. The van der Waals surface area contributed by atoms with Gasteiger partial charge in [-0.2, -0.15) is 0 Å². The summed E-state index contributed by atoms with van der Waals surface area (Å²) < 4.78 is 5.81. The minimum absolute atomic E-state index is 0.213. The van der Waals surface area contributed by atoms with Gasteiger partial charge in [-0.15, -0.1) is 0 Å². The number of carbonyl (C=O) groups excluding carboxylic acids is 1. The number of nitrogens with zero attached hydrogens (tertiary/aromatic N) is 1. The summed E-state index contributed by atoms with van der Waals surface area (Å²) >= 11 is 0. The number of fused-ring (bicyclic) bond motifs is 1. The molecule has 0 atom stereocenters. The van der Waals surface area contributed by atoms with Crippen LogP contribution in [-0.4, -0.2) is 20.1 Å². The first-order valence-electron chi connectivity index (χ1n) is 8.29. The molecule has 2 amide bonds. The number of rotatable bonds is 5. The van der Waals surface area contributed by atoms with E-state index in [1.807, 2.05) is 68.4 Å². The number of carbonyl (C=O) groups is 1. The van der Waals surface area contributed by atoms with E-state index in [4.69, 9.17) is 4.42 Å². The Kier molecular flexibility index (Phi) is 4.93. The van der Waals surface area contributed by atoms with Crippen molar-refractivity contribution in [1.29, 1.82) is 0 Å². The van der Waals surface area contributed by atoms with E-state index >= 15 is 0 Å². The number of para-hydroxylation sites is 1. The molecule has 0 aliphatic heterocycles. The van der Waals surface area contributed by atoms with E-state index in [0.29, 0.717) is 13.1 Å². The highest BCUT2D eigenvalue weighted by molar-refractivity contribution is 5.82. The first-order valence-corrected chi connectivity index (χ1v) is 8.29. The van der Waals surface area contributed by atoms with Gasteiger partial charge < -0.3 is 20.0 Å². The molecule has 1 aromatic heterocycles. The lowest BCUT2D eigenvalue weighted by Crippen LogP contribution is -2.34. The van der Waals surface area contributed by atoms with Gasteiger partial charge in [0.25, 0.3) is 0 Å². The fraction of sp³-hybridized carbons (Fsp3) is 0.250. The predicted molar refractivity (Wildman–Crippen MR) is 101 cm³/mol. The van der Waals surface area contributed by atoms with Crippen molar-refractivity contribution in [3.8, 4) is 0 Å². The van der Waals surface area contributed by atoms with Gasteiger partial charge in [-0.05, 0) is 30.7 Å². The zero-order chi connectivity index (χ0) is 17.8. The molecule has 130 valence electrons. The molecule has 5 nitrogen and oxygen atoms in total. The van der Waals surface area contributed by atoms with Gasteiger partial charge in [-0.3, -0.25) is 0 Å². The minimum Gasteiger partial charge on any atom is -0.459 e. The summed E-state index contributed by atoms with van der Waals surface area (Å²) in [5, 5.41) is 6.82. The zero-order valence-corrected chi connectivity index (χ0v) is 14.8.